The molecule has 9 nitrogen and oxygen atoms in total. The lowest BCUT2D eigenvalue weighted by Crippen LogP contribution is -2.72. The molecule has 182 valence electrons. The highest BCUT2D eigenvalue weighted by Gasteiger charge is 2.66. The minimum Gasteiger partial charge on any atom is -0.459 e. The average molecular weight is 493 g/mol. The Morgan fingerprint density at radius 3 is 2.37 bits per heavy atom. The number of Topliss-reactive ketones (excluding diaryl/α,β-unsaturated/α-hetero) is 1. The Hall–Kier alpha value is -4.26. The smallest absolute Gasteiger partial charge is 0.437 e. The number of furan rings is 1. The van der Waals surface area contributed by atoms with Crippen molar-refractivity contribution >= 4 is 17.5 Å². The van der Waals surface area contributed by atoms with Crippen molar-refractivity contribution in [3.63, 3.8) is 0 Å². The zero-order valence-corrected chi connectivity index (χ0v) is 17.4. The Balaban J connectivity index is 1.83. The predicted octanol–water partition coefficient (Wildman–Crippen LogP) is 4.10. The molecular weight excluding hydrogens is 478 g/mol. The normalized spacial score (nSPS) is 22.3. The quantitative estimate of drug-likeness (QED) is 0.212. The predicted molar refractivity (Wildman–Crippen MR) is 110 cm³/mol. The maximum Gasteiger partial charge on any atom is 0.437 e. The number of urea groups is 1. The minimum absolute atomic E-state index is 0.00324. The highest BCUT2D eigenvalue weighted by atomic mass is 19.4. The van der Waals surface area contributed by atoms with E-state index in [1.54, 1.807) is 0 Å². The van der Waals surface area contributed by atoms with Crippen molar-refractivity contribution in [3.05, 3.63) is 87.9 Å². The third kappa shape index (κ3) is 4.21. The zero-order chi connectivity index (χ0) is 25.5. The van der Waals surface area contributed by atoms with Crippen LogP contribution in [0.2, 0.25) is 0 Å². The number of aliphatic hydroxyl groups is 1. The van der Waals surface area contributed by atoms with Gasteiger partial charge in [-0.1, -0.05) is 12.1 Å². The number of hydrogen-bond donors (Lipinski definition) is 3. The maximum atomic E-state index is 14.0. The molecule has 0 radical (unpaired) electrons. The second-order valence-corrected chi connectivity index (χ2v) is 7.67. The number of carbonyl (C=O) groups excluding carboxylic acids is 2. The van der Waals surface area contributed by atoms with Crippen LogP contribution < -0.4 is 10.6 Å². The monoisotopic (exact) mass is 493 g/mol. The van der Waals surface area contributed by atoms with Gasteiger partial charge >= 0.3 is 12.2 Å². The molecule has 35 heavy (non-hydrogen) atoms. The molecule has 1 aromatic heterocycles. The fourth-order valence-corrected chi connectivity index (χ4v) is 3.88. The van der Waals surface area contributed by atoms with Crippen LogP contribution >= 0.6 is 0 Å². The SMILES string of the molecule is O=C1N[C@H](c2ccc(-c3ccccc3[N+](=O)[O-])o2)[C@@H](C(=O)c2ccc(F)cc2)[C@@](O)(C(F)(F)F)N1. The number of nitro benzene ring substituents is 1. The summed E-state index contributed by atoms with van der Waals surface area (Å²) in [5.74, 6) is -4.93. The van der Waals surface area contributed by atoms with Crippen LogP contribution in [0.4, 0.5) is 28.0 Å². The van der Waals surface area contributed by atoms with Crippen LogP contribution in [0.5, 0.6) is 0 Å². The molecule has 3 aromatic rings. The van der Waals surface area contributed by atoms with Crippen LogP contribution in [0.25, 0.3) is 11.3 Å². The lowest BCUT2D eigenvalue weighted by molar-refractivity contribution is -0.384. The van der Waals surface area contributed by atoms with Gasteiger partial charge in [0.05, 0.1) is 10.5 Å². The molecule has 3 atom stereocenters. The largest absolute Gasteiger partial charge is 0.459 e. The van der Waals surface area contributed by atoms with E-state index in [0.29, 0.717) is 0 Å². The average Bonchev–Trinajstić information content (AvgIpc) is 3.28. The molecule has 2 amide bonds. The number of amides is 2. The molecule has 0 spiro atoms. The number of nitro groups is 1. The molecule has 2 heterocycles. The van der Waals surface area contributed by atoms with E-state index in [-0.39, 0.29) is 28.3 Å². The fraction of sp³-hybridized carbons (Fsp3) is 0.182. The minimum atomic E-state index is -5.50. The molecule has 0 saturated carbocycles. The number of alkyl halides is 3. The Labute approximate surface area is 193 Å². The standard InChI is InChI=1S/C22H15F4N3O6/c23-12-7-5-11(6-8-12)19(30)17-18(27-20(31)28-21(17,32)22(24,25)26)16-10-9-15(35-16)13-3-1-2-4-14(13)29(33)34/h1-10,17-18,32H,(H2,27,28,31)/t17-,18+,21+/m0/s1. The summed E-state index contributed by atoms with van der Waals surface area (Å²) in [6, 6.07) is 8.04. The Bertz CT molecular complexity index is 1310. The Kier molecular flexibility index (Phi) is 5.80. The van der Waals surface area contributed by atoms with Gasteiger partial charge in [0.1, 0.15) is 29.3 Å². The number of benzene rings is 2. The van der Waals surface area contributed by atoms with Crippen LogP contribution in [0.15, 0.2) is 65.1 Å². The summed E-state index contributed by atoms with van der Waals surface area (Å²) in [5.41, 5.74) is -4.74. The van der Waals surface area contributed by atoms with Crippen LogP contribution in [-0.2, 0) is 0 Å². The van der Waals surface area contributed by atoms with Gasteiger partial charge in [-0.2, -0.15) is 13.2 Å². The van der Waals surface area contributed by atoms with E-state index in [1.165, 1.54) is 35.6 Å². The first-order valence-corrected chi connectivity index (χ1v) is 9.93. The van der Waals surface area contributed by atoms with Gasteiger partial charge in [0, 0.05) is 11.6 Å². The topological polar surface area (TPSA) is 135 Å². The van der Waals surface area contributed by atoms with Crippen molar-refractivity contribution in [1.29, 1.82) is 0 Å². The van der Waals surface area contributed by atoms with Crippen molar-refractivity contribution in [1.82, 2.24) is 10.6 Å². The van der Waals surface area contributed by atoms with E-state index < -0.39 is 46.4 Å². The number of halogens is 4. The first-order valence-electron chi connectivity index (χ1n) is 9.93. The summed E-state index contributed by atoms with van der Waals surface area (Å²) in [4.78, 5) is 35.9. The van der Waals surface area contributed by atoms with Gasteiger partial charge in [-0.05, 0) is 42.5 Å². The van der Waals surface area contributed by atoms with Crippen LogP contribution in [-0.4, -0.2) is 33.7 Å². The third-order valence-electron chi connectivity index (χ3n) is 5.52. The molecule has 0 unspecified atom stereocenters. The van der Waals surface area contributed by atoms with E-state index in [2.05, 4.69) is 5.32 Å². The van der Waals surface area contributed by atoms with Gasteiger partial charge in [0.25, 0.3) is 5.69 Å². The first kappa shape index (κ1) is 23.9. The molecule has 0 bridgehead atoms. The summed E-state index contributed by atoms with van der Waals surface area (Å²) in [6.45, 7) is 0. The Morgan fingerprint density at radius 2 is 1.74 bits per heavy atom. The number of nitrogens with one attached hydrogen (secondary N) is 2. The van der Waals surface area contributed by atoms with Crippen LogP contribution in [0.1, 0.15) is 22.2 Å². The summed E-state index contributed by atoms with van der Waals surface area (Å²) >= 11 is 0. The zero-order valence-electron chi connectivity index (χ0n) is 17.4. The van der Waals surface area contributed by atoms with E-state index in [4.69, 9.17) is 4.42 Å². The number of ketones is 1. The molecule has 1 aliphatic rings. The molecular formula is C22H15F4N3O6. The second kappa shape index (κ2) is 8.51. The second-order valence-electron chi connectivity index (χ2n) is 7.67. The highest BCUT2D eigenvalue weighted by molar-refractivity contribution is 6.00. The number of carbonyl (C=O) groups is 2. The van der Waals surface area contributed by atoms with Crippen molar-refractivity contribution in [2.45, 2.75) is 17.9 Å². The number of nitrogens with zero attached hydrogens (tertiary/aromatic N) is 1. The van der Waals surface area contributed by atoms with Crippen molar-refractivity contribution < 1.29 is 41.6 Å². The van der Waals surface area contributed by atoms with Crippen molar-refractivity contribution in [3.8, 4) is 11.3 Å². The molecule has 2 aromatic carbocycles. The lowest BCUT2D eigenvalue weighted by Gasteiger charge is -2.44. The highest BCUT2D eigenvalue weighted by Crippen LogP contribution is 2.45. The molecule has 0 aliphatic carbocycles. The maximum absolute atomic E-state index is 14.0. The van der Waals surface area contributed by atoms with E-state index in [9.17, 15) is 42.4 Å². The first-order chi connectivity index (χ1) is 16.4. The lowest BCUT2D eigenvalue weighted by atomic mass is 9.79. The van der Waals surface area contributed by atoms with Crippen molar-refractivity contribution in [2.75, 3.05) is 0 Å². The number of hydrogen-bond acceptors (Lipinski definition) is 6. The molecule has 4 rings (SSSR count). The fourth-order valence-electron chi connectivity index (χ4n) is 3.88. The molecule has 1 aliphatic heterocycles. The van der Waals surface area contributed by atoms with Crippen molar-refractivity contribution in [2.24, 2.45) is 5.92 Å². The number of para-hydroxylation sites is 1. The molecule has 13 heteroatoms. The third-order valence-corrected chi connectivity index (χ3v) is 5.52. The Morgan fingerprint density at radius 1 is 1.09 bits per heavy atom. The summed E-state index contributed by atoms with van der Waals surface area (Å²) in [6.07, 6.45) is -5.50. The number of rotatable bonds is 5. The van der Waals surface area contributed by atoms with Gasteiger partial charge in [-0.3, -0.25) is 14.9 Å². The van der Waals surface area contributed by atoms with Gasteiger partial charge < -0.3 is 20.2 Å². The molecule has 1 saturated heterocycles. The molecule has 3 N–H and O–H groups in total. The van der Waals surface area contributed by atoms with Gasteiger partial charge in [0.2, 0.25) is 5.72 Å². The van der Waals surface area contributed by atoms with Gasteiger partial charge in [-0.25, -0.2) is 9.18 Å². The van der Waals surface area contributed by atoms with E-state index in [0.717, 1.165) is 30.3 Å². The van der Waals surface area contributed by atoms with Gasteiger partial charge in [0.15, 0.2) is 5.78 Å². The molecule has 1 fully saturated rings. The van der Waals surface area contributed by atoms with E-state index in [1.807, 2.05) is 0 Å². The summed E-state index contributed by atoms with van der Waals surface area (Å²) in [7, 11) is 0. The summed E-state index contributed by atoms with van der Waals surface area (Å²) < 4.78 is 60.8. The summed E-state index contributed by atoms with van der Waals surface area (Å²) in [5, 5.41) is 25.4. The van der Waals surface area contributed by atoms with Crippen LogP contribution in [0.3, 0.4) is 0 Å². The van der Waals surface area contributed by atoms with Gasteiger partial charge in [-0.15, -0.1) is 0 Å². The van der Waals surface area contributed by atoms with E-state index >= 15 is 0 Å². The van der Waals surface area contributed by atoms with Crippen LogP contribution in [0, 0.1) is 21.8 Å².